The highest BCUT2D eigenvalue weighted by molar-refractivity contribution is 5.67. The third-order valence-electron chi connectivity index (χ3n) is 2.78. The molecule has 88 valence electrons. The fourth-order valence-corrected chi connectivity index (χ4v) is 1.85. The number of rotatable bonds is 3. The molecular formula is C11H22N2O2. The van der Waals surface area contributed by atoms with Crippen LogP contribution in [0.2, 0.25) is 0 Å². The van der Waals surface area contributed by atoms with E-state index in [1.165, 1.54) is 6.42 Å². The van der Waals surface area contributed by atoms with Crippen LogP contribution >= 0.6 is 0 Å². The van der Waals surface area contributed by atoms with Gasteiger partial charge in [-0.15, -0.1) is 0 Å². The first-order valence-corrected chi connectivity index (χ1v) is 5.94. The van der Waals surface area contributed by atoms with Gasteiger partial charge in [-0.3, -0.25) is 0 Å². The van der Waals surface area contributed by atoms with Crippen molar-refractivity contribution in [3.8, 4) is 0 Å². The Balaban J connectivity index is 2.30. The van der Waals surface area contributed by atoms with Crippen molar-refractivity contribution in [2.75, 3.05) is 6.54 Å². The lowest BCUT2D eigenvalue weighted by molar-refractivity contribution is 0.0784. The van der Waals surface area contributed by atoms with Crippen LogP contribution in [-0.4, -0.2) is 24.8 Å². The van der Waals surface area contributed by atoms with Gasteiger partial charge in [-0.1, -0.05) is 19.8 Å². The van der Waals surface area contributed by atoms with Crippen molar-refractivity contribution in [1.29, 1.82) is 0 Å². The average Bonchev–Trinajstić information content (AvgIpc) is 2.42. The molecule has 0 spiro atoms. The van der Waals surface area contributed by atoms with Crippen molar-refractivity contribution in [2.45, 2.75) is 57.6 Å². The van der Waals surface area contributed by atoms with E-state index in [1.54, 1.807) is 0 Å². The SMILES string of the molecule is CCCNC(=O)OC1CCCCCC1N. The van der Waals surface area contributed by atoms with Crippen LogP contribution in [0.4, 0.5) is 4.79 Å². The van der Waals surface area contributed by atoms with E-state index in [1.807, 2.05) is 6.92 Å². The summed E-state index contributed by atoms with van der Waals surface area (Å²) in [4.78, 5) is 11.3. The summed E-state index contributed by atoms with van der Waals surface area (Å²) in [7, 11) is 0. The Morgan fingerprint density at radius 1 is 1.40 bits per heavy atom. The van der Waals surface area contributed by atoms with E-state index in [-0.39, 0.29) is 18.2 Å². The van der Waals surface area contributed by atoms with E-state index in [0.717, 1.165) is 32.1 Å². The Morgan fingerprint density at radius 3 is 2.87 bits per heavy atom. The van der Waals surface area contributed by atoms with Gasteiger partial charge in [-0.25, -0.2) is 4.79 Å². The predicted octanol–water partition coefficient (Wildman–Crippen LogP) is 1.78. The van der Waals surface area contributed by atoms with Gasteiger partial charge in [0.2, 0.25) is 0 Å². The summed E-state index contributed by atoms with van der Waals surface area (Å²) < 4.78 is 5.31. The van der Waals surface area contributed by atoms with Crippen LogP contribution in [-0.2, 0) is 4.74 Å². The smallest absolute Gasteiger partial charge is 0.407 e. The number of hydrogen-bond acceptors (Lipinski definition) is 3. The quantitative estimate of drug-likeness (QED) is 0.704. The third-order valence-corrected chi connectivity index (χ3v) is 2.78. The van der Waals surface area contributed by atoms with Crippen LogP contribution in [0.1, 0.15) is 45.4 Å². The standard InChI is InChI=1S/C11H22N2O2/c1-2-8-13-11(14)15-10-7-5-3-4-6-9(10)12/h9-10H,2-8,12H2,1H3,(H,13,14). The molecule has 1 amide bonds. The van der Waals surface area contributed by atoms with Crippen molar-refractivity contribution < 1.29 is 9.53 Å². The number of alkyl carbamates (subject to hydrolysis) is 1. The molecule has 1 aliphatic rings. The first-order valence-electron chi connectivity index (χ1n) is 5.94. The summed E-state index contributed by atoms with van der Waals surface area (Å²) in [5.41, 5.74) is 5.95. The second-order valence-corrected chi connectivity index (χ2v) is 4.17. The van der Waals surface area contributed by atoms with E-state index in [9.17, 15) is 4.79 Å². The van der Waals surface area contributed by atoms with Gasteiger partial charge in [0, 0.05) is 12.6 Å². The minimum Gasteiger partial charge on any atom is -0.445 e. The molecule has 2 atom stereocenters. The molecule has 1 fully saturated rings. The molecule has 1 rings (SSSR count). The molecule has 0 heterocycles. The fourth-order valence-electron chi connectivity index (χ4n) is 1.85. The van der Waals surface area contributed by atoms with Crippen LogP contribution in [0.5, 0.6) is 0 Å². The first-order chi connectivity index (χ1) is 7.24. The summed E-state index contributed by atoms with van der Waals surface area (Å²) in [6.45, 7) is 2.68. The van der Waals surface area contributed by atoms with Gasteiger partial charge < -0.3 is 15.8 Å². The lowest BCUT2D eigenvalue weighted by Crippen LogP contribution is -2.40. The van der Waals surface area contributed by atoms with Crippen LogP contribution in [0.3, 0.4) is 0 Å². The van der Waals surface area contributed by atoms with Crippen LogP contribution in [0.25, 0.3) is 0 Å². The summed E-state index contributed by atoms with van der Waals surface area (Å²) in [6.07, 6.45) is 5.84. The molecule has 4 nitrogen and oxygen atoms in total. The predicted molar refractivity (Wildman–Crippen MR) is 59.6 cm³/mol. The molecule has 0 aromatic heterocycles. The second-order valence-electron chi connectivity index (χ2n) is 4.17. The van der Waals surface area contributed by atoms with Gasteiger partial charge in [0.05, 0.1) is 0 Å². The molecule has 0 radical (unpaired) electrons. The molecule has 4 heteroatoms. The Morgan fingerprint density at radius 2 is 2.13 bits per heavy atom. The van der Waals surface area contributed by atoms with E-state index >= 15 is 0 Å². The Labute approximate surface area is 91.5 Å². The Kier molecular flexibility index (Phi) is 5.47. The molecule has 0 aromatic carbocycles. The molecule has 0 saturated heterocycles. The fraction of sp³-hybridized carbons (Fsp3) is 0.909. The van der Waals surface area contributed by atoms with Gasteiger partial charge in [0.1, 0.15) is 6.10 Å². The zero-order valence-corrected chi connectivity index (χ0v) is 9.50. The minimum absolute atomic E-state index is 0.0138. The Hall–Kier alpha value is -0.770. The molecule has 3 N–H and O–H groups in total. The maximum Gasteiger partial charge on any atom is 0.407 e. The number of carbonyl (C=O) groups excluding carboxylic acids is 1. The molecule has 2 unspecified atom stereocenters. The molecular weight excluding hydrogens is 192 g/mol. The van der Waals surface area contributed by atoms with Crippen molar-refractivity contribution >= 4 is 6.09 Å². The van der Waals surface area contributed by atoms with E-state index in [4.69, 9.17) is 10.5 Å². The van der Waals surface area contributed by atoms with Crippen LogP contribution in [0, 0.1) is 0 Å². The third kappa shape index (κ3) is 4.51. The second kappa shape index (κ2) is 6.67. The van der Waals surface area contributed by atoms with Crippen LogP contribution in [0.15, 0.2) is 0 Å². The molecule has 1 aliphatic carbocycles. The van der Waals surface area contributed by atoms with Gasteiger partial charge in [0.25, 0.3) is 0 Å². The lowest BCUT2D eigenvalue weighted by Gasteiger charge is -2.21. The number of ether oxygens (including phenoxy) is 1. The molecule has 0 bridgehead atoms. The zero-order chi connectivity index (χ0) is 11.1. The first kappa shape index (κ1) is 12.3. The monoisotopic (exact) mass is 214 g/mol. The molecule has 1 saturated carbocycles. The van der Waals surface area contributed by atoms with Crippen molar-refractivity contribution in [3.05, 3.63) is 0 Å². The zero-order valence-electron chi connectivity index (χ0n) is 9.50. The van der Waals surface area contributed by atoms with E-state index in [2.05, 4.69) is 5.32 Å². The summed E-state index contributed by atoms with van der Waals surface area (Å²) in [5, 5.41) is 2.70. The van der Waals surface area contributed by atoms with Crippen LogP contribution < -0.4 is 11.1 Å². The highest BCUT2D eigenvalue weighted by Crippen LogP contribution is 2.19. The van der Waals surface area contributed by atoms with E-state index in [0.29, 0.717) is 6.54 Å². The largest absolute Gasteiger partial charge is 0.445 e. The number of nitrogens with one attached hydrogen (secondary N) is 1. The maximum absolute atomic E-state index is 11.3. The summed E-state index contributed by atoms with van der Waals surface area (Å²) >= 11 is 0. The minimum atomic E-state index is -0.320. The average molecular weight is 214 g/mol. The van der Waals surface area contributed by atoms with E-state index < -0.39 is 0 Å². The highest BCUT2D eigenvalue weighted by atomic mass is 16.6. The summed E-state index contributed by atoms with van der Waals surface area (Å²) in [6, 6.07) is 0.0138. The molecule has 0 aliphatic heterocycles. The van der Waals surface area contributed by atoms with Crippen molar-refractivity contribution in [1.82, 2.24) is 5.32 Å². The summed E-state index contributed by atoms with van der Waals surface area (Å²) in [5.74, 6) is 0. The number of hydrogen-bond donors (Lipinski definition) is 2. The van der Waals surface area contributed by atoms with Gasteiger partial charge in [0.15, 0.2) is 0 Å². The van der Waals surface area contributed by atoms with Gasteiger partial charge >= 0.3 is 6.09 Å². The lowest BCUT2D eigenvalue weighted by atomic mass is 10.1. The molecule has 15 heavy (non-hydrogen) atoms. The highest BCUT2D eigenvalue weighted by Gasteiger charge is 2.23. The number of carbonyl (C=O) groups is 1. The van der Waals surface area contributed by atoms with Crippen molar-refractivity contribution in [2.24, 2.45) is 5.73 Å². The number of nitrogens with two attached hydrogens (primary N) is 1. The maximum atomic E-state index is 11.3. The van der Waals surface area contributed by atoms with Crippen molar-refractivity contribution in [3.63, 3.8) is 0 Å². The topological polar surface area (TPSA) is 64.3 Å². The van der Waals surface area contributed by atoms with Gasteiger partial charge in [-0.05, 0) is 25.7 Å². The number of amides is 1. The van der Waals surface area contributed by atoms with Gasteiger partial charge in [-0.2, -0.15) is 0 Å². The Bertz CT molecular complexity index is 197. The normalized spacial score (nSPS) is 26.8. The molecule has 0 aromatic rings.